The average Bonchev–Trinajstić information content (AvgIpc) is 2.36. The molecule has 0 saturated carbocycles. The third kappa shape index (κ3) is 2.91. The van der Waals surface area contributed by atoms with E-state index in [1.54, 1.807) is 32.4 Å². The Balaban J connectivity index is 3.12. The van der Waals surface area contributed by atoms with Crippen molar-refractivity contribution in [3.05, 3.63) is 23.8 Å². The first-order chi connectivity index (χ1) is 7.96. The van der Waals surface area contributed by atoms with Crippen molar-refractivity contribution in [2.45, 2.75) is 13.8 Å². The highest BCUT2D eigenvalue weighted by Crippen LogP contribution is 2.31. The van der Waals surface area contributed by atoms with E-state index in [1.807, 2.05) is 13.8 Å². The monoisotopic (exact) mass is 256 g/mol. The van der Waals surface area contributed by atoms with Crippen LogP contribution in [0.15, 0.2) is 18.2 Å². The van der Waals surface area contributed by atoms with Gasteiger partial charge in [-0.15, -0.1) is 11.6 Å². The molecule has 0 amide bonds. The molecule has 0 fully saturated rings. The number of carbonyl (C=O) groups excluding carboxylic acids is 1. The first kappa shape index (κ1) is 13.8. The first-order valence-corrected chi connectivity index (χ1v) is 5.82. The summed E-state index contributed by atoms with van der Waals surface area (Å²) in [5.41, 5.74) is -0.00506. The number of hydrogen-bond donors (Lipinski definition) is 0. The molecule has 0 N–H and O–H groups in total. The Bertz CT molecular complexity index is 413. The molecule has 0 aliphatic carbocycles. The number of ether oxygens (including phenoxy) is 2. The Morgan fingerprint density at radius 3 is 2.29 bits per heavy atom. The normalized spacial score (nSPS) is 11.1. The zero-order chi connectivity index (χ0) is 13.1. The summed E-state index contributed by atoms with van der Waals surface area (Å²) < 4.78 is 10.3. The van der Waals surface area contributed by atoms with E-state index in [4.69, 9.17) is 21.1 Å². The molecule has 0 aliphatic rings. The molecule has 1 rings (SSSR count). The molecule has 0 saturated heterocycles. The van der Waals surface area contributed by atoms with Gasteiger partial charge in [-0.05, 0) is 18.2 Å². The molecule has 0 radical (unpaired) electrons. The molecule has 17 heavy (non-hydrogen) atoms. The lowest BCUT2D eigenvalue weighted by molar-refractivity contribution is 0.0861. The molecule has 94 valence electrons. The summed E-state index contributed by atoms with van der Waals surface area (Å²) in [5, 5.41) is 0. The Labute approximate surface area is 107 Å². The van der Waals surface area contributed by atoms with Crippen LogP contribution in [-0.4, -0.2) is 25.9 Å². The third-order valence-corrected chi connectivity index (χ3v) is 3.26. The minimum absolute atomic E-state index is 0.00606. The number of hydrogen-bond acceptors (Lipinski definition) is 3. The maximum atomic E-state index is 12.2. The topological polar surface area (TPSA) is 35.5 Å². The molecule has 1 aromatic rings. The van der Waals surface area contributed by atoms with Crippen LogP contribution in [0.2, 0.25) is 0 Å². The van der Waals surface area contributed by atoms with Gasteiger partial charge in [0.1, 0.15) is 0 Å². The van der Waals surface area contributed by atoms with Gasteiger partial charge in [0.05, 0.1) is 14.2 Å². The van der Waals surface area contributed by atoms with Crippen LogP contribution in [0.5, 0.6) is 11.5 Å². The van der Waals surface area contributed by atoms with Gasteiger partial charge in [-0.1, -0.05) is 13.8 Å². The zero-order valence-corrected chi connectivity index (χ0v) is 11.3. The molecule has 0 unspecified atom stereocenters. The van der Waals surface area contributed by atoms with Gasteiger partial charge < -0.3 is 9.47 Å². The van der Waals surface area contributed by atoms with Gasteiger partial charge in [0.25, 0.3) is 0 Å². The predicted octanol–water partition coefficient (Wildman–Crippen LogP) is 3.15. The maximum absolute atomic E-state index is 12.2. The molecule has 0 heterocycles. The second-order valence-corrected chi connectivity index (χ2v) is 4.68. The van der Waals surface area contributed by atoms with E-state index in [9.17, 15) is 4.79 Å². The van der Waals surface area contributed by atoms with Gasteiger partial charge in [-0.3, -0.25) is 4.79 Å². The van der Waals surface area contributed by atoms with E-state index in [0.29, 0.717) is 17.1 Å². The molecule has 4 heteroatoms. The van der Waals surface area contributed by atoms with Gasteiger partial charge in [-0.25, -0.2) is 0 Å². The minimum Gasteiger partial charge on any atom is -0.493 e. The van der Waals surface area contributed by atoms with Crippen molar-refractivity contribution >= 4 is 17.4 Å². The minimum atomic E-state index is -0.582. The van der Waals surface area contributed by atoms with Crippen molar-refractivity contribution in [3.8, 4) is 11.5 Å². The van der Waals surface area contributed by atoms with Crippen LogP contribution >= 0.6 is 11.6 Å². The number of ketones is 1. The molecule has 0 bridgehead atoms. The lowest BCUT2D eigenvalue weighted by Gasteiger charge is -2.20. The number of halogens is 1. The molecule has 0 spiro atoms. The highest BCUT2D eigenvalue weighted by molar-refractivity contribution is 6.21. The molecular formula is C13H17ClO3. The Hall–Kier alpha value is -1.22. The van der Waals surface area contributed by atoms with Crippen molar-refractivity contribution in [1.29, 1.82) is 0 Å². The molecule has 0 aromatic heterocycles. The average molecular weight is 257 g/mol. The fourth-order valence-electron chi connectivity index (χ4n) is 1.43. The predicted molar refractivity (Wildman–Crippen MR) is 68.4 cm³/mol. The van der Waals surface area contributed by atoms with Gasteiger partial charge in [0, 0.05) is 16.9 Å². The summed E-state index contributed by atoms with van der Waals surface area (Å²) in [6, 6.07) is 5.11. The standard InChI is InChI=1S/C13H17ClO3/c1-13(2,8-14)12(15)9-5-6-10(16-3)11(7-9)17-4/h5-7H,8H2,1-4H3. The van der Waals surface area contributed by atoms with Gasteiger partial charge >= 0.3 is 0 Å². The summed E-state index contributed by atoms with van der Waals surface area (Å²) >= 11 is 5.79. The number of rotatable bonds is 5. The van der Waals surface area contributed by atoms with E-state index in [2.05, 4.69) is 0 Å². The smallest absolute Gasteiger partial charge is 0.169 e. The lowest BCUT2D eigenvalue weighted by atomic mass is 9.86. The van der Waals surface area contributed by atoms with E-state index >= 15 is 0 Å². The lowest BCUT2D eigenvalue weighted by Crippen LogP contribution is -2.26. The second-order valence-electron chi connectivity index (χ2n) is 4.42. The highest BCUT2D eigenvalue weighted by atomic mass is 35.5. The fourth-order valence-corrected chi connectivity index (χ4v) is 1.55. The van der Waals surface area contributed by atoms with Crippen LogP contribution in [0, 0.1) is 5.41 Å². The van der Waals surface area contributed by atoms with Crippen LogP contribution in [0.1, 0.15) is 24.2 Å². The van der Waals surface area contributed by atoms with Crippen LogP contribution < -0.4 is 9.47 Å². The van der Waals surface area contributed by atoms with Crippen LogP contribution in [0.4, 0.5) is 0 Å². The van der Waals surface area contributed by atoms with Crippen molar-refractivity contribution < 1.29 is 14.3 Å². The quantitative estimate of drug-likeness (QED) is 0.600. The van der Waals surface area contributed by atoms with Crippen molar-refractivity contribution in [2.24, 2.45) is 5.41 Å². The van der Waals surface area contributed by atoms with E-state index in [0.717, 1.165) is 0 Å². The van der Waals surface area contributed by atoms with Gasteiger partial charge in [-0.2, -0.15) is 0 Å². The number of methoxy groups -OCH3 is 2. The molecular weight excluding hydrogens is 240 g/mol. The molecule has 0 aliphatic heterocycles. The summed E-state index contributed by atoms with van der Waals surface area (Å²) in [7, 11) is 3.10. The Morgan fingerprint density at radius 2 is 1.82 bits per heavy atom. The fraction of sp³-hybridized carbons (Fsp3) is 0.462. The summed E-state index contributed by atoms with van der Waals surface area (Å²) in [4.78, 5) is 12.2. The molecule has 1 aromatic carbocycles. The first-order valence-electron chi connectivity index (χ1n) is 5.29. The van der Waals surface area contributed by atoms with Gasteiger partial charge in [0.2, 0.25) is 0 Å². The maximum Gasteiger partial charge on any atom is 0.169 e. The van der Waals surface area contributed by atoms with E-state index in [-0.39, 0.29) is 11.7 Å². The summed E-state index contributed by atoms with van der Waals surface area (Å²) in [5.74, 6) is 1.42. The Kier molecular flexibility index (Phi) is 4.40. The van der Waals surface area contributed by atoms with Crippen LogP contribution in [-0.2, 0) is 0 Å². The van der Waals surface area contributed by atoms with Crippen LogP contribution in [0.25, 0.3) is 0 Å². The summed E-state index contributed by atoms with van der Waals surface area (Å²) in [6.07, 6.45) is 0. The highest BCUT2D eigenvalue weighted by Gasteiger charge is 2.28. The van der Waals surface area contributed by atoms with Crippen molar-refractivity contribution in [2.75, 3.05) is 20.1 Å². The number of benzene rings is 1. The van der Waals surface area contributed by atoms with E-state index in [1.165, 1.54) is 0 Å². The van der Waals surface area contributed by atoms with Crippen LogP contribution in [0.3, 0.4) is 0 Å². The number of carbonyl (C=O) groups is 1. The molecule has 0 atom stereocenters. The van der Waals surface area contributed by atoms with Gasteiger partial charge in [0.15, 0.2) is 17.3 Å². The van der Waals surface area contributed by atoms with Crippen molar-refractivity contribution in [3.63, 3.8) is 0 Å². The SMILES string of the molecule is COc1ccc(C(=O)C(C)(C)CCl)cc1OC. The Morgan fingerprint density at radius 1 is 1.24 bits per heavy atom. The zero-order valence-electron chi connectivity index (χ0n) is 10.5. The number of Topliss-reactive ketones (excluding diaryl/α,β-unsaturated/α-hetero) is 1. The largest absolute Gasteiger partial charge is 0.493 e. The summed E-state index contributed by atoms with van der Waals surface area (Å²) in [6.45, 7) is 3.64. The van der Waals surface area contributed by atoms with E-state index < -0.39 is 5.41 Å². The third-order valence-electron chi connectivity index (χ3n) is 2.59. The molecule has 3 nitrogen and oxygen atoms in total. The number of alkyl halides is 1. The second kappa shape index (κ2) is 5.41. The van der Waals surface area contributed by atoms with Crippen molar-refractivity contribution in [1.82, 2.24) is 0 Å².